The molecule has 8 heteroatoms. The molecule has 0 aliphatic heterocycles. The molecule has 0 saturated carbocycles. The van der Waals surface area contributed by atoms with Gasteiger partial charge in [0.05, 0.1) is 11.3 Å². The number of aromatic nitrogens is 1. The third-order valence-corrected chi connectivity index (χ3v) is 6.64. The molecule has 0 unspecified atom stereocenters. The van der Waals surface area contributed by atoms with Gasteiger partial charge in [-0.25, -0.2) is 4.98 Å². The highest BCUT2D eigenvalue weighted by molar-refractivity contribution is 14.1. The number of nitrogens with one attached hydrogen (secondary N) is 1. The smallest absolute Gasteiger partial charge is 0.234 e. The molecule has 146 valence electrons. The number of hydrogen-bond acceptors (Lipinski definition) is 4. The highest BCUT2D eigenvalue weighted by atomic mass is 127. The molecule has 29 heavy (non-hydrogen) atoms. The SMILES string of the molecule is O=C(CSc1ccc(Cl)cc1)Nc1ccc2oc(-c3cc(I)ccc3Br)nc2c1. The molecular weight excluding hydrogens is 587 g/mol. The Balaban J connectivity index is 1.48. The minimum atomic E-state index is -0.0895. The monoisotopic (exact) mass is 598 g/mol. The molecule has 1 heterocycles. The summed E-state index contributed by atoms with van der Waals surface area (Å²) in [7, 11) is 0. The van der Waals surface area contributed by atoms with Gasteiger partial charge in [0.25, 0.3) is 0 Å². The number of benzene rings is 3. The number of carbonyl (C=O) groups is 1. The fourth-order valence-electron chi connectivity index (χ4n) is 2.66. The third kappa shape index (κ3) is 5.14. The Hall–Kier alpha value is -1.55. The van der Waals surface area contributed by atoms with E-state index in [1.165, 1.54) is 11.8 Å². The minimum Gasteiger partial charge on any atom is -0.436 e. The van der Waals surface area contributed by atoms with Gasteiger partial charge in [-0.15, -0.1) is 11.8 Å². The van der Waals surface area contributed by atoms with Crippen molar-refractivity contribution in [3.8, 4) is 11.5 Å². The summed E-state index contributed by atoms with van der Waals surface area (Å²) < 4.78 is 7.90. The van der Waals surface area contributed by atoms with Crippen LogP contribution in [-0.2, 0) is 4.79 Å². The van der Waals surface area contributed by atoms with Crippen molar-refractivity contribution in [2.75, 3.05) is 11.1 Å². The molecule has 0 aliphatic carbocycles. The van der Waals surface area contributed by atoms with E-state index in [1.807, 2.05) is 60.7 Å². The van der Waals surface area contributed by atoms with E-state index in [4.69, 9.17) is 16.0 Å². The number of halogens is 3. The summed E-state index contributed by atoms with van der Waals surface area (Å²) in [6.07, 6.45) is 0. The zero-order valence-electron chi connectivity index (χ0n) is 14.8. The van der Waals surface area contributed by atoms with Gasteiger partial charge in [-0.3, -0.25) is 4.79 Å². The average Bonchev–Trinajstić information content (AvgIpc) is 3.12. The van der Waals surface area contributed by atoms with Gasteiger partial charge >= 0.3 is 0 Å². The Labute approximate surface area is 198 Å². The van der Waals surface area contributed by atoms with Crippen LogP contribution >= 0.6 is 61.9 Å². The number of nitrogens with zero attached hydrogens (tertiary/aromatic N) is 1. The Morgan fingerprint density at radius 1 is 1.14 bits per heavy atom. The van der Waals surface area contributed by atoms with Crippen molar-refractivity contribution in [2.24, 2.45) is 0 Å². The number of carbonyl (C=O) groups excluding carboxylic acids is 1. The topological polar surface area (TPSA) is 55.1 Å². The lowest BCUT2D eigenvalue weighted by molar-refractivity contribution is -0.113. The predicted molar refractivity (Wildman–Crippen MR) is 131 cm³/mol. The number of hydrogen-bond donors (Lipinski definition) is 1. The van der Waals surface area contributed by atoms with E-state index in [0.717, 1.165) is 18.5 Å². The van der Waals surface area contributed by atoms with Crippen LogP contribution in [0.4, 0.5) is 5.69 Å². The standard InChI is InChI=1S/C21H13BrClIN2O2S/c22-17-7-3-13(24)9-16(17)21-26-18-10-14(4-8-19(18)28-21)25-20(27)11-29-15-5-1-12(23)2-6-15/h1-10H,11H2,(H,25,27). The van der Waals surface area contributed by atoms with Crippen molar-refractivity contribution in [3.05, 3.63) is 73.7 Å². The molecular formula is C21H13BrClIN2O2S. The van der Waals surface area contributed by atoms with E-state index in [2.05, 4.69) is 48.8 Å². The minimum absolute atomic E-state index is 0.0895. The molecule has 1 amide bonds. The number of fused-ring (bicyclic) bond motifs is 1. The van der Waals surface area contributed by atoms with Gasteiger partial charge in [-0.2, -0.15) is 0 Å². The second kappa shape index (κ2) is 9.07. The van der Waals surface area contributed by atoms with Crippen molar-refractivity contribution < 1.29 is 9.21 Å². The fourth-order valence-corrected chi connectivity index (χ4v) is 4.39. The number of amides is 1. The van der Waals surface area contributed by atoms with E-state index in [9.17, 15) is 4.79 Å². The lowest BCUT2D eigenvalue weighted by Gasteiger charge is -2.05. The van der Waals surface area contributed by atoms with Gasteiger partial charge in [-0.1, -0.05) is 11.6 Å². The lowest BCUT2D eigenvalue weighted by atomic mass is 10.2. The van der Waals surface area contributed by atoms with Crippen molar-refractivity contribution in [1.29, 1.82) is 0 Å². The zero-order chi connectivity index (χ0) is 20.4. The molecule has 0 bridgehead atoms. The van der Waals surface area contributed by atoms with Gasteiger partial charge < -0.3 is 9.73 Å². The Kier molecular flexibility index (Phi) is 6.48. The van der Waals surface area contributed by atoms with E-state index in [-0.39, 0.29) is 5.91 Å². The fraction of sp³-hybridized carbons (Fsp3) is 0.0476. The van der Waals surface area contributed by atoms with Crippen LogP contribution in [0.2, 0.25) is 5.02 Å². The second-order valence-electron chi connectivity index (χ2n) is 6.12. The molecule has 0 aliphatic rings. The molecule has 0 saturated heterocycles. The van der Waals surface area contributed by atoms with Crippen molar-refractivity contribution >= 4 is 84.6 Å². The van der Waals surface area contributed by atoms with Crippen molar-refractivity contribution in [2.45, 2.75) is 4.90 Å². The van der Waals surface area contributed by atoms with Crippen LogP contribution in [0.1, 0.15) is 0 Å². The molecule has 0 fully saturated rings. The normalized spacial score (nSPS) is 11.0. The maximum Gasteiger partial charge on any atom is 0.234 e. The number of anilines is 1. The van der Waals surface area contributed by atoms with Crippen LogP contribution in [0.3, 0.4) is 0 Å². The Morgan fingerprint density at radius 3 is 2.72 bits per heavy atom. The van der Waals surface area contributed by atoms with Crippen LogP contribution in [0, 0.1) is 3.57 Å². The first-order chi connectivity index (χ1) is 14.0. The quantitative estimate of drug-likeness (QED) is 0.194. The van der Waals surface area contributed by atoms with Gasteiger partial charge in [0, 0.05) is 23.6 Å². The van der Waals surface area contributed by atoms with Gasteiger partial charge in [-0.05, 0) is 99.2 Å². The maximum atomic E-state index is 12.3. The first-order valence-corrected chi connectivity index (χ1v) is 11.8. The molecule has 3 aromatic carbocycles. The highest BCUT2D eigenvalue weighted by Gasteiger charge is 2.13. The van der Waals surface area contributed by atoms with Crippen molar-refractivity contribution in [3.63, 3.8) is 0 Å². The van der Waals surface area contributed by atoms with Gasteiger partial charge in [0.2, 0.25) is 11.8 Å². The second-order valence-corrected chi connectivity index (χ2v) is 9.70. The van der Waals surface area contributed by atoms with Crippen molar-refractivity contribution in [1.82, 2.24) is 4.98 Å². The van der Waals surface area contributed by atoms with Crippen LogP contribution in [-0.4, -0.2) is 16.6 Å². The number of thioether (sulfide) groups is 1. The molecule has 4 aromatic rings. The van der Waals surface area contributed by atoms with Crippen LogP contribution in [0.5, 0.6) is 0 Å². The molecule has 4 nitrogen and oxygen atoms in total. The van der Waals surface area contributed by atoms with Gasteiger partial charge in [0.1, 0.15) is 5.52 Å². The summed E-state index contributed by atoms with van der Waals surface area (Å²) >= 11 is 13.1. The van der Waals surface area contributed by atoms with E-state index in [1.54, 1.807) is 0 Å². The molecule has 0 spiro atoms. The Morgan fingerprint density at radius 2 is 1.93 bits per heavy atom. The van der Waals surface area contributed by atoms with Gasteiger partial charge in [0.15, 0.2) is 5.58 Å². The average molecular weight is 600 g/mol. The molecule has 1 aromatic heterocycles. The summed E-state index contributed by atoms with van der Waals surface area (Å²) in [5.74, 6) is 0.750. The predicted octanol–water partition coefficient (Wildman–Crippen LogP) is 7.25. The highest BCUT2D eigenvalue weighted by Crippen LogP contribution is 2.32. The van der Waals surface area contributed by atoms with Crippen LogP contribution in [0.15, 0.2) is 74.4 Å². The first-order valence-electron chi connectivity index (χ1n) is 8.52. The summed E-state index contributed by atoms with van der Waals surface area (Å²) in [5, 5.41) is 3.58. The Bertz CT molecular complexity index is 1200. The first kappa shape index (κ1) is 20.7. The molecule has 0 radical (unpaired) electrons. The number of rotatable bonds is 5. The molecule has 4 rings (SSSR count). The van der Waals surface area contributed by atoms with E-state index in [0.29, 0.717) is 33.5 Å². The lowest BCUT2D eigenvalue weighted by Crippen LogP contribution is -2.13. The third-order valence-electron chi connectivity index (χ3n) is 4.01. The zero-order valence-corrected chi connectivity index (χ0v) is 20.1. The summed E-state index contributed by atoms with van der Waals surface area (Å²) in [6, 6.07) is 18.8. The van der Waals surface area contributed by atoms with Crippen LogP contribution in [0.25, 0.3) is 22.6 Å². The largest absolute Gasteiger partial charge is 0.436 e. The molecule has 1 N–H and O–H groups in total. The number of oxazole rings is 1. The molecule has 0 atom stereocenters. The van der Waals surface area contributed by atoms with Crippen LogP contribution < -0.4 is 5.32 Å². The summed E-state index contributed by atoms with van der Waals surface area (Å²) in [4.78, 5) is 17.9. The maximum absolute atomic E-state index is 12.3. The van der Waals surface area contributed by atoms with E-state index >= 15 is 0 Å². The summed E-state index contributed by atoms with van der Waals surface area (Å²) in [6.45, 7) is 0. The van der Waals surface area contributed by atoms with E-state index < -0.39 is 0 Å². The summed E-state index contributed by atoms with van der Waals surface area (Å²) in [5.41, 5.74) is 2.92.